The maximum atomic E-state index is 11.9. The summed E-state index contributed by atoms with van der Waals surface area (Å²) in [5.41, 5.74) is 2.86. The van der Waals surface area contributed by atoms with E-state index in [4.69, 9.17) is 4.42 Å². The average Bonchev–Trinajstić information content (AvgIpc) is 2.79. The van der Waals surface area contributed by atoms with Gasteiger partial charge in [0.05, 0.1) is 0 Å². The number of nitrogens with zero attached hydrogens (tertiary/aromatic N) is 1. The number of hydrogen-bond acceptors (Lipinski definition) is 3. The van der Waals surface area contributed by atoms with Gasteiger partial charge in [0.1, 0.15) is 5.52 Å². The molecule has 0 saturated heterocycles. The highest BCUT2D eigenvalue weighted by Gasteiger charge is 2.13. The van der Waals surface area contributed by atoms with Crippen molar-refractivity contribution in [3.8, 4) is 0 Å². The second kappa shape index (κ2) is 6.55. The van der Waals surface area contributed by atoms with E-state index in [0.717, 1.165) is 35.9 Å². The molecule has 4 nitrogen and oxygen atoms in total. The first kappa shape index (κ1) is 14.6. The molecule has 1 heterocycles. The first-order valence-electron chi connectivity index (χ1n) is 7.27. The Morgan fingerprint density at radius 2 is 2.10 bits per heavy atom. The van der Waals surface area contributed by atoms with Crippen molar-refractivity contribution in [1.82, 2.24) is 10.3 Å². The monoisotopic (exact) mass is 274 g/mol. The number of aromatic nitrogens is 1. The Labute approximate surface area is 119 Å². The number of amides is 1. The zero-order chi connectivity index (χ0) is 14.5. The van der Waals surface area contributed by atoms with Gasteiger partial charge >= 0.3 is 0 Å². The van der Waals surface area contributed by atoms with E-state index < -0.39 is 0 Å². The van der Waals surface area contributed by atoms with Crippen LogP contribution in [0.1, 0.15) is 38.1 Å². The lowest BCUT2D eigenvalue weighted by Crippen LogP contribution is -2.31. The van der Waals surface area contributed by atoms with Gasteiger partial charge in [0.15, 0.2) is 11.5 Å². The van der Waals surface area contributed by atoms with Crippen LogP contribution >= 0.6 is 0 Å². The number of aryl methyl sites for hydroxylation is 1. The zero-order valence-electron chi connectivity index (χ0n) is 12.4. The van der Waals surface area contributed by atoms with Crippen molar-refractivity contribution in [2.75, 3.05) is 6.54 Å². The highest BCUT2D eigenvalue weighted by atomic mass is 16.3. The topological polar surface area (TPSA) is 55.1 Å². The molecule has 0 bridgehead atoms. The van der Waals surface area contributed by atoms with E-state index >= 15 is 0 Å². The molecule has 1 amide bonds. The highest BCUT2D eigenvalue weighted by Crippen LogP contribution is 2.17. The summed E-state index contributed by atoms with van der Waals surface area (Å²) in [7, 11) is 0. The zero-order valence-corrected chi connectivity index (χ0v) is 12.4. The van der Waals surface area contributed by atoms with E-state index in [1.54, 1.807) is 0 Å². The fourth-order valence-electron chi connectivity index (χ4n) is 2.38. The lowest BCUT2D eigenvalue weighted by atomic mass is 10.0. The summed E-state index contributed by atoms with van der Waals surface area (Å²) in [4.78, 5) is 16.2. The minimum absolute atomic E-state index is 0.135. The summed E-state index contributed by atoms with van der Waals surface area (Å²) in [5, 5.41) is 3.00. The van der Waals surface area contributed by atoms with Gasteiger partial charge in [-0.15, -0.1) is 0 Å². The van der Waals surface area contributed by atoms with Crippen LogP contribution in [-0.2, 0) is 11.2 Å². The number of carbonyl (C=O) groups is 1. The lowest BCUT2D eigenvalue weighted by molar-refractivity contribution is -0.125. The van der Waals surface area contributed by atoms with Crippen molar-refractivity contribution in [3.63, 3.8) is 0 Å². The Kier molecular flexibility index (Phi) is 4.77. The number of oxazole rings is 1. The van der Waals surface area contributed by atoms with Crippen molar-refractivity contribution in [2.24, 2.45) is 5.92 Å². The third-order valence-electron chi connectivity index (χ3n) is 3.63. The molecule has 0 unspecified atom stereocenters. The van der Waals surface area contributed by atoms with Gasteiger partial charge < -0.3 is 9.73 Å². The van der Waals surface area contributed by atoms with E-state index in [2.05, 4.69) is 24.1 Å². The summed E-state index contributed by atoms with van der Waals surface area (Å²) in [6, 6.07) is 5.98. The maximum Gasteiger partial charge on any atom is 0.223 e. The van der Waals surface area contributed by atoms with Crippen molar-refractivity contribution < 1.29 is 9.21 Å². The number of rotatable bonds is 6. The lowest BCUT2D eigenvalue weighted by Gasteiger charge is -2.12. The van der Waals surface area contributed by atoms with Gasteiger partial charge in [-0.05, 0) is 37.0 Å². The fraction of sp³-hybridized carbons (Fsp3) is 0.500. The van der Waals surface area contributed by atoms with Gasteiger partial charge in [0.25, 0.3) is 0 Å². The second-order valence-corrected chi connectivity index (χ2v) is 5.09. The molecule has 1 aromatic heterocycles. The van der Waals surface area contributed by atoms with Crippen LogP contribution in [0.25, 0.3) is 11.1 Å². The largest absolute Gasteiger partial charge is 0.441 e. The van der Waals surface area contributed by atoms with E-state index in [0.29, 0.717) is 12.4 Å². The molecule has 0 spiro atoms. The molecule has 0 fully saturated rings. The van der Waals surface area contributed by atoms with Crippen LogP contribution in [0.3, 0.4) is 0 Å². The minimum atomic E-state index is 0.135. The van der Waals surface area contributed by atoms with Gasteiger partial charge in [0, 0.05) is 19.4 Å². The Hall–Kier alpha value is -1.84. The third-order valence-corrected chi connectivity index (χ3v) is 3.63. The molecular formula is C16H22N2O2. The normalized spacial score (nSPS) is 11.2. The van der Waals surface area contributed by atoms with Crippen molar-refractivity contribution >= 4 is 17.0 Å². The van der Waals surface area contributed by atoms with Gasteiger partial charge in [-0.3, -0.25) is 4.79 Å². The Balaban J connectivity index is 1.91. The Bertz CT molecular complexity index is 585. The minimum Gasteiger partial charge on any atom is -0.441 e. The number of hydrogen-bond donors (Lipinski definition) is 1. The van der Waals surface area contributed by atoms with Gasteiger partial charge in [-0.1, -0.05) is 19.9 Å². The predicted octanol–water partition coefficient (Wildman–Crippen LogP) is 3.23. The first-order chi connectivity index (χ1) is 9.63. The number of fused-ring (bicyclic) bond motifs is 1. The summed E-state index contributed by atoms with van der Waals surface area (Å²) >= 11 is 0. The molecule has 1 aromatic carbocycles. The molecule has 0 saturated carbocycles. The molecule has 20 heavy (non-hydrogen) atoms. The van der Waals surface area contributed by atoms with Crippen LogP contribution in [0.2, 0.25) is 0 Å². The maximum absolute atomic E-state index is 11.9. The average molecular weight is 274 g/mol. The molecule has 0 atom stereocenters. The first-order valence-corrected chi connectivity index (χ1v) is 7.27. The number of nitrogens with one attached hydrogen (secondary N) is 1. The molecule has 2 aromatic rings. The second-order valence-electron chi connectivity index (χ2n) is 5.09. The van der Waals surface area contributed by atoms with Crippen LogP contribution < -0.4 is 5.32 Å². The Morgan fingerprint density at radius 1 is 1.35 bits per heavy atom. The smallest absolute Gasteiger partial charge is 0.223 e. The number of benzene rings is 1. The molecule has 2 rings (SSSR count). The molecule has 108 valence electrons. The molecule has 0 radical (unpaired) electrons. The van der Waals surface area contributed by atoms with E-state index in [1.807, 2.05) is 25.1 Å². The summed E-state index contributed by atoms with van der Waals surface area (Å²) < 4.78 is 5.45. The molecule has 1 N–H and O–H groups in total. The van der Waals surface area contributed by atoms with E-state index in [1.165, 1.54) is 0 Å². The number of carbonyl (C=O) groups excluding carboxylic acids is 1. The van der Waals surface area contributed by atoms with Crippen LogP contribution in [0.15, 0.2) is 22.6 Å². The standard InChI is InChI=1S/C16H22N2O2/c1-4-13(5-2)16(19)17-9-8-12-6-7-15-14(10-12)18-11(3)20-15/h6-7,10,13H,4-5,8-9H2,1-3H3,(H,17,19). The predicted molar refractivity (Wildman–Crippen MR) is 79.5 cm³/mol. The van der Waals surface area contributed by atoms with Crippen molar-refractivity contribution in [2.45, 2.75) is 40.0 Å². The van der Waals surface area contributed by atoms with Crippen LogP contribution in [0.4, 0.5) is 0 Å². The van der Waals surface area contributed by atoms with Gasteiger partial charge in [-0.25, -0.2) is 4.98 Å². The van der Waals surface area contributed by atoms with Crippen LogP contribution in [0.5, 0.6) is 0 Å². The molecule has 0 aliphatic heterocycles. The molecule has 4 heteroatoms. The highest BCUT2D eigenvalue weighted by molar-refractivity contribution is 5.78. The molecule has 0 aliphatic carbocycles. The fourth-order valence-corrected chi connectivity index (χ4v) is 2.38. The molecule has 0 aliphatic rings. The van der Waals surface area contributed by atoms with Crippen LogP contribution in [0, 0.1) is 12.8 Å². The quantitative estimate of drug-likeness (QED) is 0.879. The Morgan fingerprint density at radius 3 is 2.80 bits per heavy atom. The SMILES string of the molecule is CCC(CC)C(=O)NCCc1ccc2oc(C)nc2c1. The summed E-state index contributed by atoms with van der Waals surface area (Å²) in [6.45, 7) is 6.61. The van der Waals surface area contributed by atoms with Crippen molar-refractivity contribution in [1.29, 1.82) is 0 Å². The van der Waals surface area contributed by atoms with E-state index in [9.17, 15) is 4.79 Å². The third kappa shape index (κ3) is 3.38. The summed E-state index contributed by atoms with van der Waals surface area (Å²) in [6.07, 6.45) is 2.60. The van der Waals surface area contributed by atoms with Gasteiger partial charge in [0.2, 0.25) is 5.91 Å². The van der Waals surface area contributed by atoms with Crippen LogP contribution in [-0.4, -0.2) is 17.4 Å². The van der Waals surface area contributed by atoms with E-state index in [-0.39, 0.29) is 11.8 Å². The summed E-state index contributed by atoms with van der Waals surface area (Å²) in [5.74, 6) is 0.975. The van der Waals surface area contributed by atoms with Gasteiger partial charge in [-0.2, -0.15) is 0 Å². The van der Waals surface area contributed by atoms with Crippen molar-refractivity contribution in [3.05, 3.63) is 29.7 Å². The molecular weight excluding hydrogens is 252 g/mol.